The molecule has 0 saturated carbocycles. The summed E-state index contributed by atoms with van der Waals surface area (Å²) in [4.78, 5) is 3.84. The van der Waals surface area contributed by atoms with Gasteiger partial charge in [-0.3, -0.25) is 4.98 Å². The molecule has 0 radical (unpaired) electrons. The fourth-order valence-corrected chi connectivity index (χ4v) is 2.26. The second-order valence-corrected chi connectivity index (χ2v) is 4.84. The van der Waals surface area contributed by atoms with Crippen molar-refractivity contribution >= 4 is 11.6 Å². The number of aromatic nitrogens is 1. The van der Waals surface area contributed by atoms with Crippen LogP contribution >= 0.6 is 11.6 Å². The first-order valence-corrected chi connectivity index (χ1v) is 6.79. The maximum atomic E-state index is 13.6. The lowest BCUT2D eigenvalue weighted by Crippen LogP contribution is -2.24. The second-order valence-electron chi connectivity index (χ2n) is 4.47. The molecule has 0 aliphatic heterocycles. The minimum Gasteiger partial charge on any atom is -0.306 e. The zero-order valence-electron chi connectivity index (χ0n) is 11.0. The molecular formula is C15H15ClF2N2. The zero-order valence-corrected chi connectivity index (χ0v) is 11.8. The van der Waals surface area contributed by atoms with Crippen LogP contribution in [0.3, 0.4) is 0 Å². The number of hydrogen-bond donors (Lipinski definition) is 1. The van der Waals surface area contributed by atoms with Crippen molar-refractivity contribution in [3.8, 4) is 0 Å². The summed E-state index contributed by atoms with van der Waals surface area (Å²) in [6.07, 6.45) is 3.58. The van der Waals surface area contributed by atoms with Crippen molar-refractivity contribution in [3.63, 3.8) is 0 Å². The molecule has 0 aliphatic rings. The number of hydrogen-bond acceptors (Lipinski definition) is 2. The maximum absolute atomic E-state index is 13.6. The lowest BCUT2D eigenvalue weighted by molar-refractivity contribution is 0.573. The van der Waals surface area contributed by atoms with Gasteiger partial charge in [0.1, 0.15) is 11.6 Å². The smallest absolute Gasteiger partial charge is 0.142 e. The molecule has 0 spiro atoms. The van der Waals surface area contributed by atoms with E-state index in [-0.39, 0.29) is 11.1 Å². The van der Waals surface area contributed by atoms with Crippen molar-refractivity contribution in [1.29, 1.82) is 0 Å². The topological polar surface area (TPSA) is 24.9 Å². The summed E-state index contributed by atoms with van der Waals surface area (Å²) in [5.41, 5.74) is 1.19. The highest BCUT2D eigenvalue weighted by atomic mass is 35.5. The third-order valence-corrected chi connectivity index (χ3v) is 3.35. The molecular weight excluding hydrogens is 282 g/mol. The molecule has 0 bridgehead atoms. The highest BCUT2D eigenvalue weighted by molar-refractivity contribution is 6.31. The third-order valence-electron chi connectivity index (χ3n) is 2.95. The van der Waals surface area contributed by atoms with Crippen LogP contribution in [0.4, 0.5) is 8.78 Å². The van der Waals surface area contributed by atoms with E-state index in [1.54, 1.807) is 18.3 Å². The number of benzene rings is 1. The minimum absolute atomic E-state index is 0.0466. The summed E-state index contributed by atoms with van der Waals surface area (Å²) >= 11 is 6.03. The van der Waals surface area contributed by atoms with E-state index in [1.807, 2.05) is 6.92 Å². The van der Waals surface area contributed by atoms with E-state index in [0.29, 0.717) is 17.7 Å². The van der Waals surface area contributed by atoms with Crippen LogP contribution in [0.25, 0.3) is 0 Å². The normalized spacial score (nSPS) is 12.4. The number of nitrogens with zero attached hydrogens (tertiary/aromatic N) is 1. The molecule has 106 valence electrons. The molecule has 5 heteroatoms. The van der Waals surface area contributed by atoms with Gasteiger partial charge in [-0.15, -0.1) is 0 Å². The van der Waals surface area contributed by atoms with Gasteiger partial charge in [0.05, 0.1) is 17.3 Å². The summed E-state index contributed by atoms with van der Waals surface area (Å²) in [5, 5.41) is 3.29. The summed E-state index contributed by atoms with van der Waals surface area (Å²) in [6.45, 7) is 2.72. The van der Waals surface area contributed by atoms with Crippen LogP contribution in [0.5, 0.6) is 0 Å². The lowest BCUT2D eigenvalue weighted by Gasteiger charge is -2.20. The third kappa shape index (κ3) is 3.32. The predicted molar refractivity (Wildman–Crippen MR) is 75.7 cm³/mol. The molecule has 2 rings (SSSR count). The summed E-state index contributed by atoms with van der Waals surface area (Å²) in [5.74, 6) is -0.921. The molecule has 20 heavy (non-hydrogen) atoms. The van der Waals surface area contributed by atoms with Gasteiger partial charge < -0.3 is 5.32 Å². The molecule has 2 nitrogen and oxygen atoms in total. The molecule has 1 N–H and O–H groups in total. The van der Waals surface area contributed by atoms with Crippen molar-refractivity contribution in [2.24, 2.45) is 0 Å². The average molecular weight is 297 g/mol. The van der Waals surface area contributed by atoms with Crippen LogP contribution in [-0.2, 0) is 0 Å². The first kappa shape index (κ1) is 14.9. The molecule has 0 fully saturated rings. The van der Waals surface area contributed by atoms with Crippen molar-refractivity contribution < 1.29 is 8.78 Å². The van der Waals surface area contributed by atoms with Crippen LogP contribution in [0.1, 0.15) is 30.5 Å². The monoisotopic (exact) mass is 296 g/mol. The van der Waals surface area contributed by atoms with Crippen LogP contribution in [-0.4, -0.2) is 11.5 Å². The van der Waals surface area contributed by atoms with Gasteiger partial charge in [-0.2, -0.15) is 0 Å². The SMILES string of the molecule is CCCNC(c1cncc(F)c1)c1cccc(F)c1Cl. The number of rotatable bonds is 5. The van der Waals surface area contributed by atoms with Gasteiger partial charge in [0, 0.05) is 6.20 Å². The maximum Gasteiger partial charge on any atom is 0.142 e. The van der Waals surface area contributed by atoms with Gasteiger partial charge in [-0.25, -0.2) is 8.78 Å². The molecule has 1 aromatic heterocycles. The van der Waals surface area contributed by atoms with Gasteiger partial charge in [0.2, 0.25) is 0 Å². The highest BCUT2D eigenvalue weighted by Crippen LogP contribution is 2.30. The Morgan fingerprint density at radius 1 is 1.30 bits per heavy atom. The Morgan fingerprint density at radius 3 is 2.80 bits per heavy atom. The highest BCUT2D eigenvalue weighted by Gasteiger charge is 2.19. The Bertz CT molecular complexity index is 590. The van der Waals surface area contributed by atoms with Gasteiger partial charge in [-0.1, -0.05) is 30.7 Å². The summed E-state index contributed by atoms with van der Waals surface area (Å²) in [7, 11) is 0. The fourth-order valence-electron chi connectivity index (χ4n) is 2.03. The van der Waals surface area contributed by atoms with Crippen LogP contribution < -0.4 is 5.32 Å². The van der Waals surface area contributed by atoms with Crippen molar-refractivity contribution in [2.45, 2.75) is 19.4 Å². The summed E-state index contributed by atoms with van der Waals surface area (Å²) in [6, 6.07) is 5.60. The number of halogens is 3. The molecule has 0 amide bonds. The predicted octanol–water partition coefficient (Wildman–Crippen LogP) is 4.10. The van der Waals surface area contributed by atoms with Crippen LogP contribution in [0, 0.1) is 11.6 Å². The van der Waals surface area contributed by atoms with E-state index in [9.17, 15) is 8.78 Å². The fraction of sp³-hybridized carbons (Fsp3) is 0.267. The first-order valence-electron chi connectivity index (χ1n) is 6.41. The number of nitrogens with one attached hydrogen (secondary N) is 1. The second kappa shape index (κ2) is 6.77. The standard InChI is InChI=1S/C15H15ClF2N2/c1-2-6-20-15(10-7-11(17)9-19-8-10)12-4-3-5-13(18)14(12)16/h3-5,7-9,15,20H,2,6H2,1H3. The molecule has 1 heterocycles. The van der Waals surface area contributed by atoms with Crippen LogP contribution in [0.15, 0.2) is 36.7 Å². The van der Waals surface area contributed by atoms with E-state index >= 15 is 0 Å². The minimum atomic E-state index is -0.489. The van der Waals surface area contributed by atoms with E-state index in [2.05, 4.69) is 10.3 Å². The van der Waals surface area contributed by atoms with E-state index in [1.165, 1.54) is 12.1 Å². The molecule has 0 aliphatic carbocycles. The summed E-state index contributed by atoms with van der Waals surface area (Å²) < 4.78 is 27.0. The van der Waals surface area contributed by atoms with E-state index in [0.717, 1.165) is 12.6 Å². The van der Waals surface area contributed by atoms with Gasteiger partial charge in [0.25, 0.3) is 0 Å². The van der Waals surface area contributed by atoms with E-state index in [4.69, 9.17) is 11.6 Å². The largest absolute Gasteiger partial charge is 0.306 e. The van der Waals surface area contributed by atoms with Gasteiger partial charge in [0.15, 0.2) is 0 Å². The van der Waals surface area contributed by atoms with E-state index < -0.39 is 11.6 Å². The molecule has 1 aromatic carbocycles. The quantitative estimate of drug-likeness (QED) is 0.898. The molecule has 1 unspecified atom stereocenters. The Labute approximate surface area is 121 Å². The molecule has 0 saturated heterocycles. The Morgan fingerprint density at radius 2 is 2.10 bits per heavy atom. The van der Waals surface area contributed by atoms with Crippen molar-refractivity contribution in [3.05, 3.63) is 64.4 Å². The molecule has 2 aromatic rings. The lowest BCUT2D eigenvalue weighted by atomic mass is 9.99. The van der Waals surface area contributed by atoms with Crippen LogP contribution in [0.2, 0.25) is 5.02 Å². The Kier molecular flexibility index (Phi) is 5.04. The number of pyridine rings is 1. The zero-order chi connectivity index (χ0) is 14.5. The van der Waals surface area contributed by atoms with Gasteiger partial charge >= 0.3 is 0 Å². The Balaban J connectivity index is 2.44. The van der Waals surface area contributed by atoms with Crippen molar-refractivity contribution in [1.82, 2.24) is 10.3 Å². The first-order chi connectivity index (χ1) is 9.63. The average Bonchev–Trinajstić information content (AvgIpc) is 2.44. The van der Waals surface area contributed by atoms with Gasteiger partial charge in [-0.05, 0) is 36.2 Å². The van der Waals surface area contributed by atoms with Crippen molar-refractivity contribution in [2.75, 3.05) is 6.54 Å². The Hall–Kier alpha value is -1.52. The molecule has 1 atom stereocenters.